The maximum absolute atomic E-state index is 13.6. The van der Waals surface area contributed by atoms with Crippen LogP contribution >= 0.6 is 0 Å². The van der Waals surface area contributed by atoms with Crippen molar-refractivity contribution in [2.75, 3.05) is 32.8 Å². The first-order valence-corrected chi connectivity index (χ1v) is 11.5. The number of ether oxygens (including phenoxy) is 1. The molecule has 2 saturated heterocycles. The first-order valence-electron chi connectivity index (χ1n) is 11.5. The third kappa shape index (κ3) is 5.68. The van der Waals surface area contributed by atoms with Gasteiger partial charge in [-0.05, 0) is 74.5 Å². The lowest BCUT2D eigenvalue weighted by molar-refractivity contribution is 0.158. The van der Waals surface area contributed by atoms with Crippen LogP contribution in [-0.4, -0.2) is 54.7 Å². The molecule has 0 radical (unpaired) electrons. The Morgan fingerprint density at radius 1 is 1.00 bits per heavy atom. The van der Waals surface area contributed by atoms with Crippen LogP contribution in [0.25, 0.3) is 0 Å². The summed E-state index contributed by atoms with van der Waals surface area (Å²) >= 11 is 0. The van der Waals surface area contributed by atoms with E-state index in [9.17, 15) is 18.4 Å². The number of hydrogen-bond donors (Lipinski definition) is 1. The maximum Gasteiger partial charge on any atom is 0.418 e. The number of halogens is 2. The highest BCUT2D eigenvalue weighted by Gasteiger charge is 2.39. The average molecular weight is 458 g/mol. The number of rotatable bonds is 7. The second kappa shape index (κ2) is 10.7. The van der Waals surface area contributed by atoms with Crippen LogP contribution < -0.4 is 5.32 Å². The van der Waals surface area contributed by atoms with Gasteiger partial charge in [0, 0.05) is 6.54 Å². The molecular formula is C25H29F2N3O3. The lowest BCUT2D eigenvalue weighted by Crippen LogP contribution is -2.42. The van der Waals surface area contributed by atoms with Gasteiger partial charge in [0.15, 0.2) is 11.6 Å². The van der Waals surface area contributed by atoms with Gasteiger partial charge in [-0.3, -0.25) is 0 Å². The Hall–Kier alpha value is -3.00. The van der Waals surface area contributed by atoms with Gasteiger partial charge < -0.3 is 15.0 Å². The molecule has 2 aliphatic rings. The van der Waals surface area contributed by atoms with Gasteiger partial charge in [-0.1, -0.05) is 36.4 Å². The normalized spacial score (nSPS) is 19.5. The third-order valence-corrected chi connectivity index (χ3v) is 6.46. The number of likely N-dealkylation sites (tertiary alicyclic amines) is 1. The van der Waals surface area contributed by atoms with Crippen molar-refractivity contribution in [3.63, 3.8) is 0 Å². The van der Waals surface area contributed by atoms with E-state index in [2.05, 4.69) is 34.5 Å². The number of hydrogen-bond acceptors (Lipinski definition) is 4. The molecule has 8 heteroatoms. The molecule has 2 aliphatic heterocycles. The second-order valence-electron chi connectivity index (χ2n) is 8.60. The van der Waals surface area contributed by atoms with E-state index < -0.39 is 29.8 Å². The number of cyclic esters (lactones) is 1. The molecule has 2 fully saturated rings. The van der Waals surface area contributed by atoms with Crippen LogP contribution in [-0.2, 0) is 4.74 Å². The number of unbranched alkanes of at least 4 members (excludes halogenated alkanes) is 1. The van der Waals surface area contributed by atoms with Crippen molar-refractivity contribution >= 4 is 12.1 Å². The molecule has 1 atom stereocenters. The smallest absolute Gasteiger partial charge is 0.418 e. The zero-order valence-corrected chi connectivity index (χ0v) is 18.5. The average Bonchev–Trinajstić information content (AvgIpc) is 3.23. The quantitative estimate of drug-likeness (QED) is 0.605. The van der Waals surface area contributed by atoms with E-state index in [1.54, 1.807) is 0 Å². The summed E-state index contributed by atoms with van der Waals surface area (Å²) < 4.78 is 31.8. The van der Waals surface area contributed by atoms with E-state index in [0.717, 1.165) is 62.4 Å². The number of nitrogens with zero attached hydrogens (tertiary/aromatic N) is 2. The molecule has 0 aliphatic carbocycles. The molecule has 4 rings (SSSR count). The first-order chi connectivity index (χ1) is 16.0. The highest BCUT2D eigenvalue weighted by Crippen LogP contribution is 2.29. The SMILES string of the molecule is O=C(NCCCCN1CCC(c2ccccc2)CC1)N1C(=O)OCC1c1ccc(F)c(F)c1. The molecule has 0 spiro atoms. The van der Waals surface area contributed by atoms with Crippen molar-refractivity contribution in [3.05, 3.63) is 71.3 Å². The Balaban J connectivity index is 1.18. The van der Waals surface area contributed by atoms with Crippen LogP contribution in [0.2, 0.25) is 0 Å². The van der Waals surface area contributed by atoms with Crippen molar-refractivity contribution in [1.82, 2.24) is 15.1 Å². The number of urea groups is 1. The van der Waals surface area contributed by atoms with Crippen LogP contribution in [0.1, 0.15) is 48.8 Å². The Labute approximate surface area is 192 Å². The van der Waals surface area contributed by atoms with Crippen molar-refractivity contribution in [1.29, 1.82) is 0 Å². The van der Waals surface area contributed by atoms with Crippen molar-refractivity contribution in [3.8, 4) is 0 Å². The molecule has 3 amide bonds. The molecule has 0 bridgehead atoms. The van der Waals surface area contributed by atoms with E-state index in [0.29, 0.717) is 18.0 Å². The third-order valence-electron chi connectivity index (χ3n) is 6.46. The van der Waals surface area contributed by atoms with Gasteiger partial charge in [-0.15, -0.1) is 0 Å². The van der Waals surface area contributed by atoms with Crippen LogP contribution in [0.3, 0.4) is 0 Å². The van der Waals surface area contributed by atoms with Crippen LogP contribution in [0.5, 0.6) is 0 Å². The first kappa shape index (κ1) is 23.2. The number of amides is 3. The summed E-state index contributed by atoms with van der Waals surface area (Å²) in [6.45, 7) is 3.45. The van der Waals surface area contributed by atoms with Gasteiger partial charge in [0.25, 0.3) is 0 Å². The summed E-state index contributed by atoms with van der Waals surface area (Å²) in [7, 11) is 0. The molecule has 0 aromatic heterocycles. The number of imide groups is 1. The number of nitrogens with one attached hydrogen (secondary N) is 1. The molecule has 1 unspecified atom stereocenters. The lowest BCUT2D eigenvalue weighted by Gasteiger charge is -2.32. The Bertz CT molecular complexity index is 965. The van der Waals surface area contributed by atoms with Crippen molar-refractivity contribution < 1.29 is 23.1 Å². The standard InChI is InChI=1S/C25H29F2N3O3/c26-21-9-8-20(16-22(21)27)23-17-33-25(32)30(23)24(31)28-12-4-5-13-29-14-10-19(11-15-29)18-6-2-1-3-7-18/h1-3,6-9,16,19,23H,4-5,10-15,17H2,(H,28,31). The summed E-state index contributed by atoms with van der Waals surface area (Å²) in [6, 6.07) is 12.6. The lowest BCUT2D eigenvalue weighted by atomic mass is 9.89. The molecule has 1 N–H and O–H groups in total. The Morgan fingerprint density at radius 3 is 2.48 bits per heavy atom. The predicted molar refractivity (Wildman–Crippen MR) is 120 cm³/mol. The Kier molecular flexibility index (Phi) is 7.54. The zero-order chi connectivity index (χ0) is 23.2. The summed E-state index contributed by atoms with van der Waals surface area (Å²) in [6.07, 6.45) is 3.24. The number of carbonyl (C=O) groups is 2. The summed E-state index contributed by atoms with van der Waals surface area (Å²) in [5.41, 5.74) is 1.73. The molecule has 2 heterocycles. The summed E-state index contributed by atoms with van der Waals surface area (Å²) in [5, 5.41) is 2.75. The van der Waals surface area contributed by atoms with Gasteiger partial charge in [0.1, 0.15) is 12.6 Å². The van der Waals surface area contributed by atoms with Crippen molar-refractivity contribution in [2.45, 2.75) is 37.6 Å². The Morgan fingerprint density at radius 2 is 1.76 bits per heavy atom. The fraction of sp³-hybridized carbons (Fsp3) is 0.440. The highest BCUT2D eigenvalue weighted by atomic mass is 19.2. The van der Waals surface area contributed by atoms with Crippen LogP contribution in [0.15, 0.2) is 48.5 Å². The fourth-order valence-corrected chi connectivity index (χ4v) is 4.57. The van der Waals surface area contributed by atoms with Gasteiger partial charge in [-0.25, -0.2) is 23.3 Å². The van der Waals surface area contributed by atoms with E-state index in [1.807, 2.05) is 6.07 Å². The fourth-order valence-electron chi connectivity index (χ4n) is 4.57. The number of piperidine rings is 1. The van der Waals surface area contributed by atoms with Gasteiger partial charge in [-0.2, -0.15) is 0 Å². The monoisotopic (exact) mass is 457 g/mol. The number of benzene rings is 2. The molecular weight excluding hydrogens is 428 g/mol. The van der Waals surface area contributed by atoms with E-state index >= 15 is 0 Å². The van der Waals surface area contributed by atoms with E-state index in [4.69, 9.17) is 4.74 Å². The molecule has 33 heavy (non-hydrogen) atoms. The second-order valence-corrected chi connectivity index (χ2v) is 8.60. The van der Waals surface area contributed by atoms with Gasteiger partial charge in [0.2, 0.25) is 0 Å². The minimum absolute atomic E-state index is 0.0870. The largest absolute Gasteiger partial charge is 0.446 e. The molecule has 176 valence electrons. The minimum Gasteiger partial charge on any atom is -0.446 e. The maximum atomic E-state index is 13.6. The topological polar surface area (TPSA) is 61.9 Å². The van der Waals surface area contributed by atoms with E-state index in [1.165, 1.54) is 11.6 Å². The minimum atomic E-state index is -1.03. The highest BCUT2D eigenvalue weighted by molar-refractivity contribution is 5.92. The molecule has 6 nitrogen and oxygen atoms in total. The summed E-state index contributed by atoms with van der Waals surface area (Å²) in [5.74, 6) is -1.38. The van der Waals surface area contributed by atoms with Crippen LogP contribution in [0, 0.1) is 11.6 Å². The molecule has 2 aromatic carbocycles. The molecule has 0 saturated carbocycles. The zero-order valence-electron chi connectivity index (χ0n) is 18.5. The van der Waals surface area contributed by atoms with Crippen LogP contribution in [0.4, 0.5) is 18.4 Å². The predicted octanol–water partition coefficient (Wildman–Crippen LogP) is 4.83. The molecule has 2 aromatic rings. The van der Waals surface area contributed by atoms with Gasteiger partial charge in [0.05, 0.1) is 0 Å². The van der Waals surface area contributed by atoms with E-state index in [-0.39, 0.29) is 6.61 Å². The van der Waals surface area contributed by atoms with Gasteiger partial charge >= 0.3 is 12.1 Å². The summed E-state index contributed by atoms with van der Waals surface area (Å²) in [4.78, 5) is 28.0. The number of carbonyl (C=O) groups excluding carboxylic acids is 2. The van der Waals surface area contributed by atoms with Crippen molar-refractivity contribution in [2.24, 2.45) is 0 Å².